The highest BCUT2D eigenvalue weighted by atomic mass is 35.5. The number of piperidine rings is 1. The van der Waals surface area contributed by atoms with E-state index >= 15 is 0 Å². The van der Waals surface area contributed by atoms with Gasteiger partial charge in [-0.1, -0.05) is 24.3 Å². The van der Waals surface area contributed by atoms with Crippen LogP contribution < -0.4 is 15.4 Å². The third kappa shape index (κ3) is 5.20. The molecule has 0 aliphatic carbocycles. The first-order valence-electron chi connectivity index (χ1n) is 8.24. The molecule has 1 fully saturated rings. The predicted octanol–water partition coefficient (Wildman–Crippen LogP) is 2.85. The molecule has 0 spiro atoms. The lowest BCUT2D eigenvalue weighted by Crippen LogP contribution is -2.34. The second kappa shape index (κ2) is 9.02. The number of carbonyl (C=O) groups is 1. The van der Waals surface area contributed by atoms with E-state index in [0.717, 1.165) is 25.9 Å². The molecule has 3 N–H and O–H groups in total. The van der Waals surface area contributed by atoms with E-state index in [1.807, 2.05) is 6.07 Å². The van der Waals surface area contributed by atoms with Crippen molar-refractivity contribution in [3.8, 4) is 0 Å². The molecule has 0 radical (unpaired) electrons. The van der Waals surface area contributed by atoms with Crippen LogP contribution in [-0.4, -0.2) is 27.4 Å². The zero-order chi connectivity index (χ0) is 17.7. The van der Waals surface area contributed by atoms with Crippen molar-refractivity contribution in [3.05, 3.63) is 54.6 Å². The van der Waals surface area contributed by atoms with Crippen LogP contribution in [0.3, 0.4) is 0 Å². The molecular weight excluding hydrogens is 374 g/mol. The van der Waals surface area contributed by atoms with Crippen molar-refractivity contribution in [1.82, 2.24) is 5.32 Å². The Morgan fingerprint density at radius 3 is 2.31 bits per heavy atom. The zero-order valence-corrected chi connectivity index (χ0v) is 15.8. The molecule has 1 aliphatic rings. The summed E-state index contributed by atoms with van der Waals surface area (Å²) in [6.07, 6.45) is 1.58. The van der Waals surface area contributed by atoms with Gasteiger partial charge in [0.2, 0.25) is 5.91 Å². The summed E-state index contributed by atoms with van der Waals surface area (Å²) in [5.41, 5.74) is 0.978. The summed E-state index contributed by atoms with van der Waals surface area (Å²) in [6.45, 7) is 1.65. The highest BCUT2D eigenvalue weighted by molar-refractivity contribution is 7.92. The Morgan fingerprint density at radius 1 is 0.962 bits per heavy atom. The van der Waals surface area contributed by atoms with E-state index in [0.29, 0.717) is 11.4 Å². The lowest BCUT2D eigenvalue weighted by molar-refractivity contribution is -0.120. The quantitative estimate of drug-likeness (QED) is 0.726. The summed E-state index contributed by atoms with van der Waals surface area (Å²) in [5, 5.41) is 6.05. The zero-order valence-electron chi connectivity index (χ0n) is 14.1. The van der Waals surface area contributed by atoms with Gasteiger partial charge >= 0.3 is 0 Å². The van der Waals surface area contributed by atoms with E-state index in [-0.39, 0.29) is 29.1 Å². The largest absolute Gasteiger partial charge is 0.326 e. The van der Waals surface area contributed by atoms with Crippen molar-refractivity contribution in [2.75, 3.05) is 23.1 Å². The fourth-order valence-corrected chi connectivity index (χ4v) is 3.89. The molecule has 2 aromatic carbocycles. The Kier molecular flexibility index (Phi) is 7.02. The molecule has 1 aliphatic heterocycles. The van der Waals surface area contributed by atoms with Crippen LogP contribution in [0.5, 0.6) is 0 Å². The summed E-state index contributed by atoms with van der Waals surface area (Å²) in [6, 6.07) is 15.0. The van der Waals surface area contributed by atoms with E-state index < -0.39 is 10.0 Å². The van der Waals surface area contributed by atoms with Crippen molar-refractivity contribution < 1.29 is 13.2 Å². The SMILES string of the molecule is Cl.O=C(Nc1cccc(S(=O)(=O)Nc2ccccc2)c1)C1CCNCC1. The highest BCUT2D eigenvalue weighted by Gasteiger charge is 2.21. The van der Waals surface area contributed by atoms with Crippen molar-refractivity contribution in [3.63, 3.8) is 0 Å². The Bertz CT molecular complexity index is 838. The molecule has 0 unspecified atom stereocenters. The summed E-state index contributed by atoms with van der Waals surface area (Å²) >= 11 is 0. The summed E-state index contributed by atoms with van der Waals surface area (Å²) in [5.74, 6) is -0.101. The first-order valence-corrected chi connectivity index (χ1v) is 9.72. The topological polar surface area (TPSA) is 87.3 Å². The molecule has 3 rings (SSSR count). The van der Waals surface area contributed by atoms with Crippen molar-refractivity contribution >= 4 is 39.7 Å². The third-order valence-electron chi connectivity index (χ3n) is 4.15. The minimum atomic E-state index is -3.71. The normalized spacial score (nSPS) is 14.9. The smallest absolute Gasteiger partial charge is 0.261 e. The van der Waals surface area contributed by atoms with E-state index in [9.17, 15) is 13.2 Å². The molecule has 0 saturated carbocycles. The van der Waals surface area contributed by atoms with Crippen molar-refractivity contribution in [2.24, 2.45) is 5.92 Å². The van der Waals surface area contributed by atoms with Gasteiger partial charge in [-0.25, -0.2) is 8.42 Å². The maximum atomic E-state index is 12.5. The van der Waals surface area contributed by atoms with Gasteiger partial charge in [-0.3, -0.25) is 9.52 Å². The van der Waals surface area contributed by atoms with Crippen LogP contribution >= 0.6 is 12.4 Å². The molecular formula is C18H22ClN3O3S. The van der Waals surface area contributed by atoms with Crippen LogP contribution in [0.25, 0.3) is 0 Å². The van der Waals surface area contributed by atoms with Gasteiger partial charge in [0.25, 0.3) is 10.0 Å². The average Bonchev–Trinajstić information content (AvgIpc) is 2.63. The molecule has 0 atom stereocenters. The minimum Gasteiger partial charge on any atom is -0.326 e. The number of hydrogen-bond acceptors (Lipinski definition) is 4. The number of nitrogens with one attached hydrogen (secondary N) is 3. The van der Waals surface area contributed by atoms with Crippen LogP contribution in [0.1, 0.15) is 12.8 Å². The number of rotatable bonds is 5. The summed E-state index contributed by atoms with van der Waals surface area (Å²) in [4.78, 5) is 12.4. The molecule has 1 heterocycles. The Hall–Kier alpha value is -2.09. The molecule has 8 heteroatoms. The van der Waals surface area contributed by atoms with E-state index in [1.165, 1.54) is 12.1 Å². The minimum absolute atomic E-state index is 0. The molecule has 6 nitrogen and oxygen atoms in total. The van der Waals surface area contributed by atoms with Gasteiger partial charge in [-0.2, -0.15) is 0 Å². The molecule has 140 valence electrons. The maximum Gasteiger partial charge on any atom is 0.261 e. The third-order valence-corrected chi connectivity index (χ3v) is 5.53. The van der Waals surface area contributed by atoms with Crippen molar-refractivity contribution in [2.45, 2.75) is 17.7 Å². The van der Waals surface area contributed by atoms with Gasteiger partial charge in [-0.05, 0) is 56.3 Å². The predicted molar refractivity (Wildman–Crippen MR) is 105 cm³/mol. The maximum absolute atomic E-state index is 12.5. The number of carbonyl (C=O) groups excluding carboxylic acids is 1. The summed E-state index contributed by atoms with van der Waals surface area (Å²) < 4.78 is 27.5. The van der Waals surface area contributed by atoms with Crippen LogP contribution in [0.15, 0.2) is 59.5 Å². The molecule has 1 amide bonds. The Morgan fingerprint density at radius 2 is 1.62 bits per heavy atom. The molecule has 0 bridgehead atoms. The molecule has 26 heavy (non-hydrogen) atoms. The first-order chi connectivity index (χ1) is 12.0. The number of amides is 1. The van der Waals surface area contributed by atoms with Crippen LogP contribution in [0.4, 0.5) is 11.4 Å². The monoisotopic (exact) mass is 395 g/mol. The second-order valence-electron chi connectivity index (χ2n) is 6.01. The van der Waals surface area contributed by atoms with Crippen LogP contribution in [0.2, 0.25) is 0 Å². The highest BCUT2D eigenvalue weighted by Crippen LogP contribution is 2.21. The molecule has 0 aromatic heterocycles. The van der Waals surface area contributed by atoms with Gasteiger partial charge in [0.15, 0.2) is 0 Å². The lowest BCUT2D eigenvalue weighted by Gasteiger charge is -2.21. The van der Waals surface area contributed by atoms with Crippen molar-refractivity contribution in [1.29, 1.82) is 0 Å². The van der Waals surface area contributed by atoms with Gasteiger partial charge in [-0.15, -0.1) is 12.4 Å². The fraction of sp³-hybridized carbons (Fsp3) is 0.278. The number of anilines is 2. The van der Waals surface area contributed by atoms with Gasteiger partial charge < -0.3 is 10.6 Å². The van der Waals surface area contributed by atoms with Crippen LogP contribution in [-0.2, 0) is 14.8 Å². The molecule has 2 aromatic rings. The lowest BCUT2D eigenvalue weighted by atomic mass is 9.97. The first kappa shape index (κ1) is 20.2. The van der Waals surface area contributed by atoms with Gasteiger partial charge in [0.1, 0.15) is 0 Å². The number of sulfonamides is 1. The van der Waals surface area contributed by atoms with Gasteiger partial charge in [0, 0.05) is 17.3 Å². The van der Waals surface area contributed by atoms with Gasteiger partial charge in [0.05, 0.1) is 4.90 Å². The second-order valence-corrected chi connectivity index (χ2v) is 7.70. The Labute approximate surface area is 159 Å². The fourth-order valence-electron chi connectivity index (χ4n) is 2.79. The number of para-hydroxylation sites is 1. The van der Waals surface area contributed by atoms with E-state index in [1.54, 1.807) is 36.4 Å². The van der Waals surface area contributed by atoms with E-state index in [2.05, 4.69) is 15.4 Å². The number of benzene rings is 2. The molecule has 1 saturated heterocycles. The number of halogens is 1. The van der Waals surface area contributed by atoms with Crippen LogP contribution in [0, 0.1) is 5.92 Å². The Balaban J connectivity index is 0.00000243. The average molecular weight is 396 g/mol. The number of hydrogen-bond donors (Lipinski definition) is 3. The standard InChI is InChI=1S/C18H21N3O3S.ClH/c22-18(14-9-11-19-12-10-14)20-16-7-4-8-17(13-16)25(23,24)21-15-5-2-1-3-6-15;/h1-8,13-14,19,21H,9-12H2,(H,20,22);1H. The van der Waals surface area contributed by atoms with E-state index in [4.69, 9.17) is 0 Å². The summed E-state index contributed by atoms with van der Waals surface area (Å²) in [7, 11) is -3.71.